The van der Waals surface area contributed by atoms with E-state index in [0.29, 0.717) is 30.8 Å². The van der Waals surface area contributed by atoms with Gasteiger partial charge in [0.2, 0.25) is 15.9 Å². The van der Waals surface area contributed by atoms with E-state index in [1.54, 1.807) is 37.4 Å². The average Bonchev–Trinajstić information content (AvgIpc) is 3.03. The van der Waals surface area contributed by atoms with Crippen molar-refractivity contribution in [3.8, 4) is 0 Å². The Morgan fingerprint density at radius 2 is 1.60 bits per heavy atom. The summed E-state index contributed by atoms with van der Waals surface area (Å²) in [7, 11) is -1.89. The highest BCUT2D eigenvalue weighted by molar-refractivity contribution is 7.89. The highest BCUT2D eigenvalue weighted by Crippen LogP contribution is 2.21. The van der Waals surface area contributed by atoms with Gasteiger partial charge in [0.25, 0.3) is 5.91 Å². The molecule has 0 saturated carbocycles. The molecule has 2 aromatic rings. The van der Waals surface area contributed by atoms with Gasteiger partial charge in [-0.3, -0.25) is 9.59 Å². The van der Waals surface area contributed by atoms with Gasteiger partial charge in [-0.25, -0.2) is 8.42 Å². The zero-order valence-electron chi connectivity index (χ0n) is 17.1. The molecule has 0 aliphatic carbocycles. The minimum atomic E-state index is -3.54. The molecule has 2 amide bonds. The summed E-state index contributed by atoms with van der Waals surface area (Å²) < 4.78 is 27.3. The zero-order valence-corrected chi connectivity index (χ0v) is 17.9. The Morgan fingerprint density at radius 3 is 2.20 bits per heavy atom. The molecular formula is C22H27N3O4S. The lowest BCUT2D eigenvalue weighted by atomic mass is 10.1. The van der Waals surface area contributed by atoms with Crippen molar-refractivity contribution in [3.05, 3.63) is 65.2 Å². The largest absolute Gasteiger partial charge is 0.366 e. The summed E-state index contributed by atoms with van der Waals surface area (Å²) in [5, 5.41) is 0. The topological polar surface area (TPSA) is 101 Å². The molecule has 0 radical (unpaired) electrons. The molecule has 1 fully saturated rings. The second-order valence-corrected chi connectivity index (χ2v) is 9.51. The number of hydrogen-bond donors (Lipinski definition) is 1. The minimum absolute atomic E-state index is 0.206. The molecule has 1 aliphatic rings. The van der Waals surface area contributed by atoms with Crippen LogP contribution in [0.25, 0.3) is 0 Å². The minimum Gasteiger partial charge on any atom is -0.366 e. The third-order valence-electron chi connectivity index (χ3n) is 5.28. The van der Waals surface area contributed by atoms with Gasteiger partial charge >= 0.3 is 0 Å². The molecule has 0 spiro atoms. The van der Waals surface area contributed by atoms with Crippen molar-refractivity contribution in [2.24, 2.45) is 5.73 Å². The fourth-order valence-electron chi connectivity index (χ4n) is 3.59. The van der Waals surface area contributed by atoms with Crippen LogP contribution < -0.4 is 5.73 Å². The summed E-state index contributed by atoms with van der Waals surface area (Å²) in [6.45, 7) is 1.38. The maximum absolute atomic E-state index is 12.9. The SMILES string of the molecule is CN(Cc1cccc(C(N)=O)c1)C(=O)c1ccc(S(=O)(=O)N2CCCCCC2)cc1. The highest BCUT2D eigenvalue weighted by Gasteiger charge is 2.25. The van der Waals surface area contributed by atoms with E-state index in [1.165, 1.54) is 21.3 Å². The van der Waals surface area contributed by atoms with E-state index in [-0.39, 0.29) is 10.8 Å². The molecule has 3 rings (SSSR count). The van der Waals surface area contributed by atoms with E-state index in [9.17, 15) is 18.0 Å². The Kier molecular flexibility index (Phi) is 6.89. The number of rotatable bonds is 6. The van der Waals surface area contributed by atoms with Crippen LogP contribution in [0.3, 0.4) is 0 Å². The van der Waals surface area contributed by atoms with Crippen molar-refractivity contribution in [3.63, 3.8) is 0 Å². The van der Waals surface area contributed by atoms with Crippen molar-refractivity contribution in [2.75, 3.05) is 20.1 Å². The molecule has 1 heterocycles. The molecule has 30 heavy (non-hydrogen) atoms. The molecule has 0 bridgehead atoms. The third kappa shape index (κ3) is 5.06. The molecule has 0 aromatic heterocycles. The number of hydrogen-bond acceptors (Lipinski definition) is 4. The number of sulfonamides is 1. The number of nitrogens with two attached hydrogens (primary N) is 1. The maximum Gasteiger partial charge on any atom is 0.253 e. The van der Waals surface area contributed by atoms with Gasteiger partial charge in [-0.1, -0.05) is 25.0 Å². The first-order chi connectivity index (χ1) is 14.3. The van der Waals surface area contributed by atoms with Crippen LogP contribution >= 0.6 is 0 Å². The lowest BCUT2D eigenvalue weighted by Gasteiger charge is -2.20. The van der Waals surface area contributed by atoms with Gasteiger partial charge in [-0.05, 0) is 54.8 Å². The van der Waals surface area contributed by atoms with Crippen LogP contribution in [-0.2, 0) is 16.6 Å². The Morgan fingerprint density at radius 1 is 0.967 bits per heavy atom. The Labute approximate surface area is 177 Å². The second-order valence-electron chi connectivity index (χ2n) is 7.57. The van der Waals surface area contributed by atoms with Crippen LogP contribution in [-0.4, -0.2) is 49.6 Å². The van der Waals surface area contributed by atoms with Crippen LogP contribution in [0.15, 0.2) is 53.4 Å². The van der Waals surface area contributed by atoms with Crippen molar-refractivity contribution in [1.82, 2.24) is 9.21 Å². The summed E-state index contributed by atoms with van der Waals surface area (Å²) >= 11 is 0. The first-order valence-corrected chi connectivity index (χ1v) is 11.5. The van der Waals surface area contributed by atoms with Crippen molar-refractivity contribution in [2.45, 2.75) is 37.1 Å². The van der Waals surface area contributed by atoms with Gasteiger partial charge in [-0.2, -0.15) is 4.31 Å². The standard InChI is InChI=1S/C22H27N3O4S/c1-24(16-17-7-6-8-19(15-17)21(23)26)22(27)18-9-11-20(12-10-18)30(28,29)25-13-4-2-3-5-14-25/h6-12,15H,2-5,13-14,16H2,1H3,(H2,23,26). The number of amides is 2. The molecule has 2 aromatic carbocycles. The normalized spacial score (nSPS) is 15.4. The third-order valence-corrected chi connectivity index (χ3v) is 7.19. The predicted octanol–water partition coefficient (Wildman–Crippen LogP) is 2.62. The summed E-state index contributed by atoms with van der Waals surface area (Å²) in [5.41, 5.74) is 6.87. The van der Waals surface area contributed by atoms with Gasteiger partial charge in [0.15, 0.2) is 0 Å². The van der Waals surface area contributed by atoms with Gasteiger partial charge in [0.05, 0.1) is 4.90 Å². The van der Waals surface area contributed by atoms with E-state index >= 15 is 0 Å². The van der Waals surface area contributed by atoms with Crippen molar-refractivity contribution in [1.29, 1.82) is 0 Å². The van der Waals surface area contributed by atoms with Crippen LogP contribution in [0.5, 0.6) is 0 Å². The second kappa shape index (κ2) is 9.40. The highest BCUT2D eigenvalue weighted by atomic mass is 32.2. The summed E-state index contributed by atoms with van der Waals surface area (Å²) in [4.78, 5) is 25.8. The quantitative estimate of drug-likeness (QED) is 0.763. The first kappa shape index (κ1) is 22.0. The number of benzene rings is 2. The van der Waals surface area contributed by atoms with Crippen LogP contribution in [0.2, 0.25) is 0 Å². The monoisotopic (exact) mass is 429 g/mol. The molecule has 1 aliphatic heterocycles. The number of carbonyl (C=O) groups excluding carboxylic acids is 2. The maximum atomic E-state index is 12.9. The molecular weight excluding hydrogens is 402 g/mol. The molecule has 0 unspecified atom stereocenters. The van der Waals surface area contributed by atoms with Crippen LogP contribution in [0, 0.1) is 0 Å². The van der Waals surface area contributed by atoms with Gasteiger partial charge in [-0.15, -0.1) is 0 Å². The summed E-state index contributed by atoms with van der Waals surface area (Å²) in [6.07, 6.45) is 3.84. The van der Waals surface area contributed by atoms with Crippen molar-refractivity contribution < 1.29 is 18.0 Å². The van der Waals surface area contributed by atoms with Crippen LogP contribution in [0.1, 0.15) is 52.0 Å². The molecule has 1 saturated heterocycles. The lowest BCUT2D eigenvalue weighted by molar-refractivity contribution is 0.0785. The number of nitrogens with zero attached hydrogens (tertiary/aromatic N) is 2. The average molecular weight is 430 g/mol. The van der Waals surface area contributed by atoms with E-state index in [2.05, 4.69) is 0 Å². The van der Waals surface area contributed by atoms with E-state index in [0.717, 1.165) is 31.2 Å². The smallest absolute Gasteiger partial charge is 0.253 e. The molecule has 2 N–H and O–H groups in total. The Balaban J connectivity index is 1.71. The lowest BCUT2D eigenvalue weighted by Crippen LogP contribution is -2.32. The van der Waals surface area contributed by atoms with Crippen molar-refractivity contribution >= 4 is 21.8 Å². The van der Waals surface area contributed by atoms with E-state index in [4.69, 9.17) is 5.73 Å². The molecule has 160 valence electrons. The Hall–Kier alpha value is -2.71. The predicted molar refractivity (Wildman–Crippen MR) is 114 cm³/mol. The first-order valence-electron chi connectivity index (χ1n) is 10.0. The van der Waals surface area contributed by atoms with Gasteiger partial charge < -0.3 is 10.6 Å². The fourth-order valence-corrected chi connectivity index (χ4v) is 5.11. The summed E-state index contributed by atoms with van der Waals surface area (Å²) in [5.74, 6) is -0.759. The fraction of sp³-hybridized carbons (Fsp3) is 0.364. The van der Waals surface area contributed by atoms with Gasteiger partial charge in [0, 0.05) is 37.8 Å². The molecule has 0 atom stereocenters. The number of carbonyl (C=O) groups is 2. The molecule has 8 heteroatoms. The Bertz CT molecular complexity index is 1010. The number of primary amides is 1. The zero-order chi connectivity index (χ0) is 21.7. The molecule has 7 nitrogen and oxygen atoms in total. The van der Waals surface area contributed by atoms with E-state index in [1.807, 2.05) is 6.07 Å². The van der Waals surface area contributed by atoms with E-state index < -0.39 is 15.9 Å². The van der Waals surface area contributed by atoms with Gasteiger partial charge in [0.1, 0.15) is 0 Å². The van der Waals surface area contributed by atoms with Crippen LogP contribution in [0.4, 0.5) is 0 Å². The summed E-state index contributed by atoms with van der Waals surface area (Å²) in [6, 6.07) is 12.9.